The molecule has 0 fully saturated rings. The first kappa shape index (κ1) is 8.91. The summed E-state index contributed by atoms with van der Waals surface area (Å²) in [5.41, 5.74) is 0.445. The summed E-state index contributed by atoms with van der Waals surface area (Å²) in [6, 6.07) is 6.57. The number of pyridine rings is 2. The molecule has 1 aromatic carbocycles. The highest BCUT2D eigenvalue weighted by Crippen LogP contribution is 2.23. The van der Waals surface area contributed by atoms with Crippen molar-refractivity contribution in [2.45, 2.75) is 0 Å². The molecule has 2 N–H and O–H groups in total. The Morgan fingerprint density at radius 3 is 2.88 bits per heavy atom. The molecule has 16 heavy (non-hydrogen) atoms. The molecule has 4 heteroatoms. The van der Waals surface area contributed by atoms with Crippen molar-refractivity contribution in [3.63, 3.8) is 0 Å². The molecule has 4 nitrogen and oxygen atoms in total. The van der Waals surface area contributed by atoms with Gasteiger partial charge in [-0.1, -0.05) is 0 Å². The van der Waals surface area contributed by atoms with Gasteiger partial charge in [0.05, 0.1) is 10.9 Å². The Balaban J connectivity index is 2.64. The zero-order chi connectivity index (χ0) is 11.1. The molecule has 0 aliphatic rings. The van der Waals surface area contributed by atoms with Gasteiger partial charge in [0.25, 0.3) is 5.56 Å². The van der Waals surface area contributed by atoms with Gasteiger partial charge in [0, 0.05) is 29.2 Å². The molecule has 0 amide bonds. The second-order valence-corrected chi connectivity index (χ2v) is 3.61. The summed E-state index contributed by atoms with van der Waals surface area (Å²) in [6.07, 6.45) is 3.24. The summed E-state index contributed by atoms with van der Waals surface area (Å²) in [5, 5.41) is 11.6. The highest BCUT2D eigenvalue weighted by atomic mass is 16.3. The maximum Gasteiger partial charge on any atom is 0.256 e. The van der Waals surface area contributed by atoms with Crippen LogP contribution in [0.4, 0.5) is 0 Å². The number of aromatic hydroxyl groups is 1. The minimum absolute atomic E-state index is 0.131. The lowest BCUT2D eigenvalue weighted by Gasteiger charge is -2.02. The number of rotatable bonds is 0. The monoisotopic (exact) mass is 212 g/mol. The van der Waals surface area contributed by atoms with E-state index in [1.165, 1.54) is 6.07 Å². The molecule has 2 heterocycles. The molecule has 2 aromatic heterocycles. The van der Waals surface area contributed by atoms with Crippen LogP contribution < -0.4 is 5.56 Å². The lowest BCUT2D eigenvalue weighted by Crippen LogP contribution is -2.06. The second kappa shape index (κ2) is 3.06. The Labute approximate surface area is 90.2 Å². The number of fused-ring (bicyclic) bond motifs is 3. The summed E-state index contributed by atoms with van der Waals surface area (Å²) >= 11 is 0. The molecule has 0 aliphatic heterocycles. The maximum absolute atomic E-state index is 11.7. The Kier molecular flexibility index (Phi) is 1.71. The number of H-pyrrole nitrogens is 1. The van der Waals surface area contributed by atoms with Crippen molar-refractivity contribution in [3.8, 4) is 5.75 Å². The van der Waals surface area contributed by atoms with Crippen LogP contribution in [0.1, 0.15) is 0 Å². The number of nitrogens with one attached hydrogen (secondary N) is 1. The van der Waals surface area contributed by atoms with Crippen molar-refractivity contribution in [1.82, 2.24) is 9.97 Å². The first-order chi connectivity index (χ1) is 7.75. The third-order valence-corrected chi connectivity index (χ3v) is 2.61. The number of phenolic OH excluding ortho intramolecular Hbond substituents is 1. The summed E-state index contributed by atoms with van der Waals surface area (Å²) in [6.45, 7) is 0. The average Bonchev–Trinajstić information content (AvgIpc) is 2.29. The Morgan fingerprint density at radius 1 is 1.12 bits per heavy atom. The van der Waals surface area contributed by atoms with Crippen LogP contribution in [-0.4, -0.2) is 15.1 Å². The minimum atomic E-state index is -0.171. The van der Waals surface area contributed by atoms with E-state index in [-0.39, 0.29) is 11.3 Å². The van der Waals surface area contributed by atoms with Gasteiger partial charge in [0.2, 0.25) is 0 Å². The van der Waals surface area contributed by atoms with E-state index in [0.717, 1.165) is 10.8 Å². The van der Waals surface area contributed by atoms with Crippen molar-refractivity contribution in [2.24, 2.45) is 0 Å². The smallest absolute Gasteiger partial charge is 0.256 e. The predicted octanol–water partition coefficient (Wildman–Crippen LogP) is 1.78. The molecule has 78 valence electrons. The average molecular weight is 212 g/mol. The van der Waals surface area contributed by atoms with Crippen LogP contribution in [0, 0.1) is 0 Å². The number of benzene rings is 1. The fourth-order valence-corrected chi connectivity index (χ4v) is 1.87. The molecule has 0 atom stereocenters. The van der Waals surface area contributed by atoms with Crippen LogP contribution in [0.3, 0.4) is 0 Å². The third-order valence-electron chi connectivity index (χ3n) is 2.61. The van der Waals surface area contributed by atoms with Crippen molar-refractivity contribution in [2.75, 3.05) is 0 Å². The van der Waals surface area contributed by atoms with E-state index in [1.54, 1.807) is 30.6 Å². The van der Waals surface area contributed by atoms with Gasteiger partial charge < -0.3 is 10.1 Å². The number of hydrogen-bond acceptors (Lipinski definition) is 3. The molecule has 0 radical (unpaired) electrons. The highest BCUT2D eigenvalue weighted by molar-refractivity contribution is 6.04. The molecule has 0 saturated carbocycles. The van der Waals surface area contributed by atoms with Gasteiger partial charge >= 0.3 is 0 Å². The van der Waals surface area contributed by atoms with Crippen molar-refractivity contribution >= 4 is 21.7 Å². The predicted molar refractivity (Wildman–Crippen MR) is 61.5 cm³/mol. The second-order valence-electron chi connectivity index (χ2n) is 3.61. The van der Waals surface area contributed by atoms with Crippen LogP contribution in [0.25, 0.3) is 21.7 Å². The summed E-state index contributed by atoms with van der Waals surface area (Å²) in [5.74, 6) is 0.131. The zero-order valence-corrected chi connectivity index (χ0v) is 8.27. The van der Waals surface area contributed by atoms with Crippen LogP contribution in [0.5, 0.6) is 5.75 Å². The van der Waals surface area contributed by atoms with Crippen molar-refractivity contribution in [1.29, 1.82) is 0 Å². The van der Waals surface area contributed by atoms with Gasteiger partial charge in [-0.15, -0.1) is 0 Å². The normalized spacial score (nSPS) is 11.0. The molecule has 0 unspecified atom stereocenters. The summed E-state index contributed by atoms with van der Waals surface area (Å²) < 4.78 is 0. The number of aromatic nitrogens is 2. The van der Waals surface area contributed by atoms with Gasteiger partial charge in [0.1, 0.15) is 5.75 Å². The van der Waals surface area contributed by atoms with Crippen LogP contribution >= 0.6 is 0 Å². The standard InChI is InChI=1S/C12H8N2O2/c15-7-1-2-8-10-6-13-4-3-9(10)12(16)14-11(8)5-7/h1-6,15H,(H,14,16). The SMILES string of the molecule is O=c1[nH]c2cc(O)ccc2c2cnccc12. The van der Waals surface area contributed by atoms with E-state index >= 15 is 0 Å². The quantitative estimate of drug-likeness (QED) is 0.558. The lowest BCUT2D eigenvalue weighted by molar-refractivity contribution is 0.476. The number of hydrogen-bond donors (Lipinski definition) is 2. The Bertz CT molecular complexity index is 747. The first-order valence-corrected chi connectivity index (χ1v) is 4.84. The number of aromatic amines is 1. The summed E-state index contributed by atoms with van der Waals surface area (Å²) in [4.78, 5) is 18.5. The first-order valence-electron chi connectivity index (χ1n) is 4.84. The summed E-state index contributed by atoms with van der Waals surface area (Å²) in [7, 11) is 0. The maximum atomic E-state index is 11.7. The molecule has 3 aromatic rings. The lowest BCUT2D eigenvalue weighted by atomic mass is 10.1. The molecule has 3 rings (SSSR count). The van der Waals surface area contributed by atoms with Crippen LogP contribution in [0.2, 0.25) is 0 Å². The van der Waals surface area contributed by atoms with E-state index in [1.807, 2.05) is 0 Å². The van der Waals surface area contributed by atoms with Gasteiger partial charge in [-0.25, -0.2) is 0 Å². The number of phenols is 1. The minimum Gasteiger partial charge on any atom is -0.508 e. The Hall–Kier alpha value is -2.36. The van der Waals surface area contributed by atoms with Gasteiger partial charge in [0.15, 0.2) is 0 Å². The van der Waals surface area contributed by atoms with Gasteiger partial charge in [-0.05, 0) is 18.2 Å². The van der Waals surface area contributed by atoms with E-state index in [9.17, 15) is 9.90 Å². The van der Waals surface area contributed by atoms with E-state index < -0.39 is 0 Å². The molecule has 0 spiro atoms. The molecule has 0 aliphatic carbocycles. The van der Waals surface area contributed by atoms with Gasteiger partial charge in [-0.3, -0.25) is 9.78 Å². The zero-order valence-electron chi connectivity index (χ0n) is 8.27. The van der Waals surface area contributed by atoms with E-state index in [4.69, 9.17) is 0 Å². The Morgan fingerprint density at radius 2 is 2.00 bits per heavy atom. The molecular formula is C12H8N2O2. The van der Waals surface area contributed by atoms with E-state index in [2.05, 4.69) is 9.97 Å². The third kappa shape index (κ3) is 1.16. The van der Waals surface area contributed by atoms with Crippen molar-refractivity contribution < 1.29 is 5.11 Å². The molecule has 0 saturated heterocycles. The fourth-order valence-electron chi connectivity index (χ4n) is 1.87. The van der Waals surface area contributed by atoms with Crippen LogP contribution in [0.15, 0.2) is 41.5 Å². The van der Waals surface area contributed by atoms with E-state index in [0.29, 0.717) is 10.9 Å². The fraction of sp³-hybridized carbons (Fsp3) is 0. The van der Waals surface area contributed by atoms with Crippen LogP contribution in [-0.2, 0) is 0 Å². The van der Waals surface area contributed by atoms with Crippen molar-refractivity contribution in [3.05, 3.63) is 47.0 Å². The largest absolute Gasteiger partial charge is 0.508 e. The highest BCUT2D eigenvalue weighted by Gasteiger charge is 2.04. The molecule has 0 bridgehead atoms. The number of nitrogens with zero attached hydrogens (tertiary/aromatic N) is 1. The molecular weight excluding hydrogens is 204 g/mol. The van der Waals surface area contributed by atoms with Gasteiger partial charge in [-0.2, -0.15) is 0 Å². The topological polar surface area (TPSA) is 66.0 Å².